The Bertz CT molecular complexity index is 2160. The number of rotatable bonds is 17. The van der Waals surface area contributed by atoms with Crippen LogP contribution < -0.4 is 0 Å². The molecular weight excluding hydrogens is 822 g/mol. The first-order chi connectivity index (χ1) is 30.5. The number of imide groups is 1. The molecule has 1 unspecified atom stereocenters. The first kappa shape index (κ1) is 45.2. The summed E-state index contributed by atoms with van der Waals surface area (Å²) in [7, 11) is 0. The third kappa shape index (κ3) is 11.0. The van der Waals surface area contributed by atoms with Crippen molar-refractivity contribution in [2.75, 3.05) is 13.2 Å². The summed E-state index contributed by atoms with van der Waals surface area (Å²) in [6.45, 7) is 2.61. The van der Waals surface area contributed by atoms with Crippen molar-refractivity contribution in [1.82, 2.24) is 4.90 Å². The van der Waals surface area contributed by atoms with Crippen molar-refractivity contribution in [2.24, 2.45) is 0 Å². The smallest absolute Gasteiger partial charge is 0.303 e. The average molecular weight is 870 g/mol. The summed E-state index contributed by atoms with van der Waals surface area (Å²) in [4.78, 5) is 67.2. The number of carbonyl (C=O) groups excluding carboxylic acids is 5. The van der Waals surface area contributed by atoms with E-state index in [0.29, 0.717) is 5.56 Å². The van der Waals surface area contributed by atoms with E-state index in [-0.39, 0.29) is 37.6 Å². The molecule has 2 amide bonds. The van der Waals surface area contributed by atoms with Crippen molar-refractivity contribution in [3.8, 4) is 0 Å². The second-order valence-electron chi connectivity index (χ2n) is 15.2. The highest BCUT2D eigenvalue weighted by atomic mass is 19.1. The van der Waals surface area contributed by atoms with E-state index < -0.39 is 97.7 Å². The maximum Gasteiger partial charge on any atom is 0.303 e. The summed E-state index contributed by atoms with van der Waals surface area (Å²) in [6, 6.07) is 31.8. The minimum absolute atomic E-state index is 0.0146. The largest absolute Gasteiger partial charge is 0.463 e. The molecule has 10 atom stereocenters. The van der Waals surface area contributed by atoms with E-state index in [1.165, 1.54) is 12.1 Å². The Morgan fingerprint density at radius 1 is 0.556 bits per heavy atom. The van der Waals surface area contributed by atoms with Crippen molar-refractivity contribution < 1.29 is 71.0 Å². The van der Waals surface area contributed by atoms with Gasteiger partial charge >= 0.3 is 17.9 Å². The van der Waals surface area contributed by atoms with Gasteiger partial charge in [-0.1, -0.05) is 103 Å². The Morgan fingerprint density at radius 3 is 1.56 bits per heavy atom. The van der Waals surface area contributed by atoms with E-state index >= 15 is 4.39 Å². The second-order valence-corrected chi connectivity index (χ2v) is 15.2. The lowest BCUT2D eigenvalue weighted by Gasteiger charge is -2.50. The van der Waals surface area contributed by atoms with Gasteiger partial charge in [0.15, 0.2) is 18.5 Å². The highest BCUT2D eigenvalue weighted by Crippen LogP contribution is 2.39. The van der Waals surface area contributed by atoms with Gasteiger partial charge in [-0.3, -0.25) is 28.9 Å². The van der Waals surface area contributed by atoms with Crippen LogP contribution in [0.3, 0.4) is 0 Å². The molecule has 16 heteroatoms. The number of esters is 3. The summed E-state index contributed by atoms with van der Waals surface area (Å²) >= 11 is 0. The number of ether oxygens (including phenoxy) is 9. The molecule has 0 spiro atoms. The van der Waals surface area contributed by atoms with Crippen molar-refractivity contribution in [1.29, 1.82) is 0 Å². The molecule has 0 radical (unpaired) electrons. The minimum Gasteiger partial charge on any atom is -0.463 e. The number of amides is 2. The summed E-state index contributed by atoms with van der Waals surface area (Å²) in [6.07, 6.45) is -14.0. The van der Waals surface area contributed by atoms with E-state index in [4.69, 9.17) is 42.6 Å². The fourth-order valence-electron chi connectivity index (χ4n) is 7.83. The van der Waals surface area contributed by atoms with Gasteiger partial charge in [0.25, 0.3) is 11.8 Å². The second kappa shape index (κ2) is 21.0. The molecule has 332 valence electrons. The van der Waals surface area contributed by atoms with Crippen LogP contribution in [0.15, 0.2) is 115 Å². The van der Waals surface area contributed by atoms with Gasteiger partial charge in [0.05, 0.1) is 37.6 Å². The van der Waals surface area contributed by atoms with Gasteiger partial charge in [-0.25, -0.2) is 4.39 Å². The lowest BCUT2D eigenvalue weighted by atomic mass is 9.93. The van der Waals surface area contributed by atoms with Crippen molar-refractivity contribution >= 4 is 29.7 Å². The topological polar surface area (TPSA) is 172 Å². The van der Waals surface area contributed by atoms with Gasteiger partial charge in [-0.05, 0) is 28.8 Å². The molecule has 0 aromatic heterocycles. The Hall–Kier alpha value is -5.88. The molecule has 3 aliphatic heterocycles. The predicted octanol–water partition coefficient (Wildman–Crippen LogP) is 5.27. The Kier molecular flexibility index (Phi) is 15.0. The third-order valence-corrected chi connectivity index (χ3v) is 10.6. The number of halogens is 1. The zero-order chi connectivity index (χ0) is 44.5. The number of hydrogen-bond donors (Lipinski definition) is 0. The lowest BCUT2D eigenvalue weighted by molar-refractivity contribution is -0.349. The van der Waals surface area contributed by atoms with E-state index in [2.05, 4.69) is 0 Å². The molecular formula is C47H48FNO14. The summed E-state index contributed by atoms with van der Waals surface area (Å²) < 4.78 is 72.0. The van der Waals surface area contributed by atoms with Crippen LogP contribution in [-0.4, -0.2) is 109 Å². The molecule has 63 heavy (non-hydrogen) atoms. The van der Waals surface area contributed by atoms with Crippen LogP contribution in [0.1, 0.15) is 58.2 Å². The fraction of sp³-hybridized carbons (Fsp3) is 0.383. The molecule has 2 saturated heterocycles. The van der Waals surface area contributed by atoms with Crippen LogP contribution in [0.25, 0.3) is 0 Å². The number of hydrogen-bond acceptors (Lipinski definition) is 14. The Balaban J connectivity index is 1.32. The molecule has 3 aliphatic rings. The first-order valence-corrected chi connectivity index (χ1v) is 20.5. The number of carbonyl (C=O) groups is 5. The number of nitrogens with zero attached hydrogens (tertiary/aromatic N) is 1. The maximum atomic E-state index is 16.9. The van der Waals surface area contributed by atoms with Crippen molar-refractivity contribution in [3.05, 3.63) is 143 Å². The van der Waals surface area contributed by atoms with Gasteiger partial charge in [0, 0.05) is 20.8 Å². The normalized spacial score (nSPS) is 26.8. The molecule has 4 aromatic carbocycles. The standard InChI is InChI=1S/C47H48FNO14/c1-28(50)56-27-37-40(59-29(2)51)41(60-30(3)52)38(49-45(53)34-21-13-14-22-35(34)46(49)54)47(62-37)63-42-39(57-24-32-17-9-5-10-18-32)36(26-55-23-31-15-7-4-8-16-31)61-44(48)43(42)58-25-33-19-11-6-12-20-33/h4-22,36-44,47H,23-27H2,1-3H3/t36-,37-,38-,39+,40+,41-,42+,43-,44?,47+/m1/s1. The van der Waals surface area contributed by atoms with Crippen LogP contribution in [0.2, 0.25) is 0 Å². The first-order valence-electron chi connectivity index (χ1n) is 20.5. The lowest BCUT2D eigenvalue weighted by Crippen LogP contribution is -2.69. The van der Waals surface area contributed by atoms with Crippen LogP contribution in [0.4, 0.5) is 4.39 Å². The van der Waals surface area contributed by atoms with E-state index in [1.54, 1.807) is 36.4 Å². The third-order valence-electron chi connectivity index (χ3n) is 10.6. The predicted molar refractivity (Wildman–Crippen MR) is 218 cm³/mol. The van der Waals surface area contributed by atoms with E-state index in [1.807, 2.05) is 66.7 Å². The average Bonchev–Trinajstić information content (AvgIpc) is 3.52. The highest BCUT2D eigenvalue weighted by molar-refractivity contribution is 6.21. The SMILES string of the molecule is CC(=O)OC[C@H]1O[C@@H](O[C@H]2[C@@H](OCc3ccccc3)[C@@H](COCc3ccccc3)OC(F)[C@@H]2OCc2ccccc2)[C@H](N2C(=O)c3ccccc3C2=O)[C@@H](OC(C)=O)[C@H]1OC(C)=O. The zero-order valence-corrected chi connectivity index (χ0v) is 34.8. The molecule has 4 aromatic rings. The summed E-state index contributed by atoms with van der Waals surface area (Å²) in [5.41, 5.74) is 2.36. The van der Waals surface area contributed by atoms with E-state index in [0.717, 1.165) is 36.8 Å². The molecule has 2 fully saturated rings. The van der Waals surface area contributed by atoms with Gasteiger partial charge < -0.3 is 42.6 Å². The number of fused-ring (bicyclic) bond motifs is 1. The van der Waals surface area contributed by atoms with Crippen LogP contribution in [-0.2, 0) is 76.8 Å². The quantitative estimate of drug-likeness (QED) is 0.0764. The van der Waals surface area contributed by atoms with Crippen LogP contribution in [0.5, 0.6) is 0 Å². The van der Waals surface area contributed by atoms with Gasteiger partial charge in [-0.2, -0.15) is 0 Å². The minimum atomic E-state index is -2.17. The molecule has 0 aliphatic carbocycles. The molecule has 7 rings (SSSR count). The molecule has 0 saturated carbocycles. The number of benzene rings is 4. The number of alkyl halides is 1. The van der Waals surface area contributed by atoms with E-state index in [9.17, 15) is 24.0 Å². The molecule has 0 bridgehead atoms. The molecule has 0 N–H and O–H groups in total. The Morgan fingerprint density at radius 2 is 1.03 bits per heavy atom. The Labute approximate surface area is 363 Å². The van der Waals surface area contributed by atoms with Crippen LogP contribution in [0, 0.1) is 0 Å². The summed E-state index contributed by atoms with van der Waals surface area (Å²) in [5.74, 6) is -4.06. The molecule has 15 nitrogen and oxygen atoms in total. The fourth-order valence-corrected chi connectivity index (χ4v) is 7.83. The zero-order valence-electron chi connectivity index (χ0n) is 34.8. The maximum absolute atomic E-state index is 16.9. The molecule has 3 heterocycles. The van der Waals surface area contributed by atoms with Gasteiger partial charge in [-0.15, -0.1) is 0 Å². The van der Waals surface area contributed by atoms with Crippen molar-refractivity contribution in [2.45, 2.75) is 102 Å². The van der Waals surface area contributed by atoms with Crippen LogP contribution >= 0.6 is 0 Å². The van der Waals surface area contributed by atoms with Gasteiger partial charge in [0.1, 0.15) is 43.2 Å². The van der Waals surface area contributed by atoms with Gasteiger partial charge in [0.2, 0.25) is 6.36 Å². The summed E-state index contributed by atoms with van der Waals surface area (Å²) in [5, 5.41) is 0. The monoisotopic (exact) mass is 869 g/mol. The van der Waals surface area contributed by atoms with Crippen molar-refractivity contribution in [3.63, 3.8) is 0 Å². The highest BCUT2D eigenvalue weighted by Gasteiger charge is 2.59.